The topological polar surface area (TPSA) is 74.8 Å². The van der Waals surface area contributed by atoms with Crippen molar-refractivity contribution >= 4 is 23.4 Å². The minimum atomic E-state index is -0.324. The van der Waals surface area contributed by atoms with Crippen LogP contribution in [0.4, 0.5) is 16.2 Å². The third kappa shape index (κ3) is 4.42. The number of benzene rings is 1. The second-order valence-corrected chi connectivity index (χ2v) is 6.78. The van der Waals surface area contributed by atoms with Crippen molar-refractivity contribution in [2.75, 3.05) is 38.1 Å². The van der Waals surface area contributed by atoms with E-state index in [1.165, 1.54) is 11.1 Å². The lowest BCUT2D eigenvalue weighted by atomic mass is 10.1. The summed E-state index contributed by atoms with van der Waals surface area (Å²) in [5.74, 6) is -0.123. The lowest BCUT2D eigenvalue weighted by molar-refractivity contribution is 0.0566. The number of nitrogens with one attached hydrogen (secondary N) is 1. The van der Waals surface area contributed by atoms with E-state index in [4.69, 9.17) is 4.74 Å². The molecule has 148 valence electrons. The van der Waals surface area contributed by atoms with Gasteiger partial charge < -0.3 is 19.9 Å². The van der Waals surface area contributed by atoms with Gasteiger partial charge in [0.2, 0.25) is 0 Å². The van der Waals surface area contributed by atoms with Gasteiger partial charge in [-0.3, -0.25) is 4.79 Å². The summed E-state index contributed by atoms with van der Waals surface area (Å²) in [6.45, 7) is 8.16. The van der Waals surface area contributed by atoms with Gasteiger partial charge in [-0.15, -0.1) is 0 Å². The normalized spacial score (nSPS) is 14.0. The van der Waals surface area contributed by atoms with E-state index >= 15 is 0 Å². The molecule has 2 aromatic rings. The first-order chi connectivity index (χ1) is 13.5. The fraction of sp³-hybridized carbons (Fsp3) is 0.381. The molecule has 2 amide bonds. The maximum atomic E-state index is 12.7. The van der Waals surface area contributed by atoms with Crippen molar-refractivity contribution in [3.63, 3.8) is 0 Å². The number of rotatable bonds is 4. The molecule has 7 heteroatoms. The van der Waals surface area contributed by atoms with Crippen LogP contribution in [-0.2, 0) is 4.74 Å². The van der Waals surface area contributed by atoms with Crippen molar-refractivity contribution in [2.24, 2.45) is 0 Å². The Labute approximate surface area is 165 Å². The van der Waals surface area contributed by atoms with E-state index in [1.807, 2.05) is 18.2 Å². The van der Waals surface area contributed by atoms with Crippen LogP contribution in [0.25, 0.3) is 0 Å². The summed E-state index contributed by atoms with van der Waals surface area (Å²) in [6.07, 6.45) is 1.35. The van der Waals surface area contributed by atoms with Crippen molar-refractivity contribution in [1.29, 1.82) is 0 Å². The predicted molar refractivity (Wildman–Crippen MR) is 108 cm³/mol. The zero-order valence-electron chi connectivity index (χ0n) is 16.6. The van der Waals surface area contributed by atoms with Crippen LogP contribution in [0, 0.1) is 13.8 Å². The first-order valence-corrected chi connectivity index (χ1v) is 9.50. The summed E-state index contributed by atoms with van der Waals surface area (Å²) < 4.78 is 5.00. The number of hydrogen-bond acceptors (Lipinski definition) is 5. The highest BCUT2D eigenvalue weighted by Gasteiger charge is 2.26. The summed E-state index contributed by atoms with van der Waals surface area (Å²) in [5.41, 5.74) is 4.65. The number of amides is 2. The van der Waals surface area contributed by atoms with Gasteiger partial charge >= 0.3 is 6.09 Å². The molecule has 0 spiro atoms. The van der Waals surface area contributed by atoms with Crippen LogP contribution in [-0.4, -0.2) is 59.6 Å². The van der Waals surface area contributed by atoms with Gasteiger partial charge in [-0.25, -0.2) is 9.78 Å². The Balaban J connectivity index is 1.60. The van der Waals surface area contributed by atoms with E-state index in [0.717, 1.165) is 11.4 Å². The van der Waals surface area contributed by atoms with Gasteiger partial charge in [-0.05, 0) is 50.1 Å². The van der Waals surface area contributed by atoms with E-state index in [1.54, 1.807) is 29.0 Å². The third-order valence-corrected chi connectivity index (χ3v) is 4.96. The fourth-order valence-corrected chi connectivity index (χ4v) is 3.11. The SMILES string of the molecule is CCOC(=O)N1CCN(C(=O)c2ccc(Nc3cccc(C)c3C)cn2)CC1. The number of pyridine rings is 1. The molecule has 3 rings (SSSR count). The van der Waals surface area contributed by atoms with Gasteiger partial charge in [-0.2, -0.15) is 0 Å². The number of carbonyl (C=O) groups is 2. The molecule has 1 aromatic heterocycles. The van der Waals surface area contributed by atoms with Crippen molar-refractivity contribution in [2.45, 2.75) is 20.8 Å². The second-order valence-electron chi connectivity index (χ2n) is 6.78. The molecular formula is C21H26N4O3. The number of ether oxygens (including phenoxy) is 1. The lowest BCUT2D eigenvalue weighted by Crippen LogP contribution is -2.50. The maximum absolute atomic E-state index is 12.7. The second kappa shape index (κ2) is 8.73. The molecule has 1 N–H and O–H groups in total. The summed E-state index contributed by atoms with van der Waals surface area (Å²) in [4.78, 5) is 32.1. The minimum Gasteiger partial charge on any atom is -0.450 e. The molecule has 7 nitrogen and oxygen atoms in total. The highest BCUT2D eigenvalue weighted by Crippen LogP contribution is 2.22. The number of piperazine rings is 1. The molecule has 1 saturated heterocycles. The Hall–Kier alpha value is -3.09. The molecule has 1 aliphatic rings. The van der Waals surface area contributed by atoms with Gasteiger partial charge in [0.05, 0.1) is 18.5 Å². The van der Waals surface area contributed by atoms with Crippen LogP contribution in [0.5, 0.6) is 0 Å². The fourth-order valence-electron chi connectivity index (χ4n) is 3.11. The molecule has 0 atom stereocenters. The molecule has 0 radical (unpaired) electrons. The van der Waals surface area contributed by atoms with Gasteiger partial charge in [0.1, 0.15) is 5.69 Å². The van der Waals surface area contributed by atoms with Crippen LogP contribution in [0.15, 0.2) is 36.5 Å². The summed E-state index contributed by atoms with van der Waals surface area (Å²) in [5, 5.41) is 3.34. The van der Waals surface area contributed by atoms with Gasteiger partial charge in [0.25, 0.3) is 5.91 Å². The number of aromatic nitrogens is 1. The number of nitrogens with zero attached hydrogens (tertiary/aromatic N) is 3. The molecule has 2 heterocycles. The number of carbonyl (C=O) groups excluding carboxylic acids is 2. The quantitative estimate of drug-likeness (QED) is 0.878. The molecule has 0 aliphatic carbocycles. The molecule has 0 unspecified atom stereocenters. The van der Waals surface area contributed by atoms with Crippen LogP contribution in [0.2, 0.25) is 0 Å². The first-order valence-electron chi connectivity index (χ1n) is 9.50. The van der Waals surface area contributed by atoms with Crippen LogP contribution in [0.3, 0.4) is 0 Å². The third-order valence-electron chi connectivity index (χ3n) is 4.96. The monoisotopic (exact) mass is 382 g/mol. The molecule has 0 saturated carbocycles. The Bertz CT molecular complexity index is 843. The lowest BCUT2D eigenvalue weighted by Gasteiger charge is -2.33. The van der Waals surface area contributed by atoms with E-state index in [9.17, 15) is 9.59 Å². The molecule has 1 aromatic carbocycles. The standard InChI is InChI=1S/C21H26N4O3/c1-4-28-21(27)25-12-10-24(11-13-25)20(26)19-9-8-17(14-22-19)23-18-7-5-6-15(2)16(18)3/h5-9,14,23H,4,10-13H2,1-3H3. The number of hydrogen-bond donors (Lipinski definition) is 1. The molecule has 1 aliphatic heterocycles. The van der Waals surface area contributed by atoms with Gasteiger partial charge in [0, 0.05) is 31.9 Å². The Morgan fingerprint density at radius 1 is 1.07 bits per heavy atom. The van der Waals surface area contributed by atoms with Crippen LogP contribution < -0.4 is 5.32 Å². The largest absolute Gasteiger partial charge is 0.450 e. The summed E-state index contributed by atoms with van der Waals surface area (Å²) >= 11 is 0. The Morgan fingerprint density at radius 3 is 2.43 bits per heavy atom. The zero-order chi connectivity index (χ0) is 20.1. The van der Waals surface area contributed by atoms with Gasteiger partial charge in [-0.1, -0.05) is 12.1 Å². The van der Waals surface area contributed by atoms with Crippen molar-refractivity contribution in [3.05, 3.63) is 53.3 Å². The minimum absolute atomic E-state index is 0.123. The van der Waals surface area contributed by atoms with E-state index in [0.29, 0.717) is 38.5 Å². The highest BCUT2D eigenvalue weighted by molar-refractivity contribution is 5.92. The average Bonchev–Trinajstić information content (AvgIpc) is 2.72. The Morgan fingerprint density at radius 2 is 1.79 bits per heavy atom. The van der Waals surface area contributed by atoms with Crippen molar-refractivity contribution in [1.82, 2.24) is 14.8 Å². The average molecular weight is 382 g/mol. The Kier molecular flexibility index (Phi) is 6.13. The molecular weight excluding hydrogens is 356 g/mol. The highest BCUT2D eigenvalue weighted by atomic mass is 16.6. The predicted octanol–water partition coefficient (Wildman–Crippen LogP) is 3.36. The maximum Gasteiger partial charge on any atom is 0.409 e. The zero-order valence-corrected chi connectivity index (χ0v) is 16.6. The first kappa shape index (κ1) is 19.7. The van der Waals surface area contributed by atoms with Gasteiger partial charge in [0.15, 0.2) is 0 Å². The van der Waals surface area contributed by atoms with E-state index in [2.05, 4.69) is 30.2 Å². The molecule has 1 fully saturated rings. The summed E-state index contributed by atoms with van der Waals surface area (Å²) in [6, 6.07) is 9.68. The van der Waals surface area contributed by atoms with E-state index in [-0.39, 0.29) is 12.0 Å². The van der Waals surface area contributed by atoms with Crippen LogP contribution >= 0.6 is 0 Å². The van der Waals surface area contributed by atoms with Crippen LogP contribution in [0.1, 0.15) is 28.5 Å². The van der Waals surface area contributed by atoms with Crippen molar-refractivity contribution < 1.29 is 14.3 Å². The number of aryl methyl sites for hydroxylation is 1. The van der Waals surface area contributed by atoms with Crippen molar-refractivity contribution in [3.8, 4) is 0 Å². The number of anilines is 2. The van der Waals surface area contributed by atoms with E-state index < -0.39 is 0 Å². The smallest absolute Gasteiger partial charge is 0.409 e. The molecule has 28 heavy (non-hydrogen) atoms. The summed E-state index contributed by atoms with van der Waals surface area (Å²) in [7, 11) is 0. The molecule has 0 bridgehead atoms.